The van der Waals surface area contributed by atoms with E-state index < -0.39 is 10.0 Å². The first-order valence-corrected chi connectivity index (χ1v) is 10.1. The quantitative estimate of drug-likeness (QED) is 0.757. The van der Waals surface area contributed by atoms with Crippen LogP contribution in [0, 0.1) is 0 Å². The first-order chi connectivity index (χ1) is 13.0. The average Bonchev–Trinajstić information content (AvgIpc) is 3.19. The zero-order valence-corrected chi connectivity index (χ0v) is 15.8. The Morgan fingerprint density at radius 3 is 2.78 bits per heavy atom. The average molecular weight is 390 g/mol. The lowest BCUT2D eigenvalue weighted by atomic mass is 10.2. The molecule has 2 N–H and O–H groups in total. The summed E-state index contributed by atoms with van der Waals surface area (Å²) in [6, 6.07) is 12.5. The molecule has 1 amide bonds. The van der Waals surface area contributed by atoms with Crippen molar-refractivity contribution in [2.45, 2.75) is 23.8 Å². The number of nitrogens with one attached hydrogen (secondary N) is 2. The Labute approximate surface area is 158 Å². The van der Waals surface area contributed by atoms with E-state index in [9.17, 15) is 13.2 Å². The molecule has 0 radical (unpaired) electrons. The molecule has 1 saturated heterocycles. The minimum atomic E-state index is -3.84. The summed E-state index contributed by atoms with van der Waals surface area (Å²) in [5.41, 5.74) is 0.657. The number of amides is 1. The second-order valence-electron chi connectivity index (χ2n) is 6.21. The minimum absolute atomic E-state index is 0.00934. The number of ether oxygens (including phenoxy) is 2. The molecule has 1 heterocycles. The number of rotatable bonds is 7. The van der Waals surface area contributed by atoms with E-state index >= 15 is 0 Å². The van der Waals surface area contributed by atoms with Gasteiger partial charge in [-0.05, 0) is 43.2 Å². The van der Waals surface area contributed by atoms with Crippen LogP contribution in [0.1, 0.15) is 23.2 Å². The standard InChI is InChI=1S/C19H22N2O5S/c1-25-16-7-3-6-15(12-16)21-27(23,24)18-9-2-5-14(11-18)19(22)20-13-17-8-4-10-26-17/h2-3,5-7,9,11-12,17,21H,4,8,10,13H2,1H3,(H,20,22). The highest BCUT2D eigenvalue weighted by Gasteiger charge is 2.19. The summed E-state index contributed by atoms with van der Waals surface area (Å²) < 4.78 is 38.3. The summed E-state index contributed by atoms with van der Waals surface area (Å²) in [7, 11) is -2.33. The number of anilines is 1. The Morgan fingerprint density at radius 2 is 2.04 bits per heavy atom. The van der Waals surface area contributed by atoms with Gasteiger partial charge in [0.15, 0.2) is 0 Å². The Hall–Kier alpha value is -2.58. The fourth-order valence-corrected chi connectivity index (χ4v) is 3.91. The van der Waals surface area contributed by atoms with E-state index in [2.05, 4.69) is 10.0 Å². The molecule has 144 valence electrons. The predicted octanol–water partition coefficient (Wildman–Crippen LogP) is 2.40. The van der Waals surface area contributed by atoms with Crippen LogP contribution in [-0.2, 0) is 14.8 Å². The fourth-order valence-electron chi connectivity index (χ4n) is 2.82. The summed E-state index contributed by atoms with van der Waals surface area (Å²) in [6.45, 7) is 1.13. The van der Waals surface area contributed by atoms with Gasteiger partial charge in [-0.25, -0.2) is 8.42 Å². The predicted molar refractivity (Wildman–Crippen MR) is 102 cm³/mol. The van der Waals surface area contributed by atoms with Crippen molar-refractivity contribution in [3.05, 3.63) is 54.1 Å². The van der Waals surface area contributed by atoms with Gasteiger partial charge in [0, 0.05) is 24.8 Å². The molecular formula is C19H22N2O5S. The molecule has 8 heteroatoms. The molecule has 2 aromatic carbocycles. The molecule has 1 aliphatic heterocycles. The molecule has 1 atom stereocenters. The molecule has 2 aromatic rings. The summed E-state index contributed by atoms with van der Waals surface area (Å²) in [5, 5.41) is 2.79. The second-order valence-corrected chi connectivity index (χ2v) is 7.89. The largest absolute Gasteiger partial charge is 0.497 e. The summed E-state index contributed by atoms with van der Waals surface area (Å²) in [5.74, 6) is 0.210. The van der Waals surface area contributed by atoms with Crippen LogP contribution in [0.25, 0.3) is 0 Å². The molecule has 27 heavy (non-hydrogen) atoms. The van der Waals surface area contributed by atoms with Crippen LogP contribution in [-0.4, -0.2) is 40.7 Å². The first kappa shape index (κ1) is 19.2. The van der Waals surface area contributed by atoms with Crippen molar-refractivity contribution in [3.63, 3.8) is 0 Å². The van der Waals surface area contributed by atoms with E-state index in [1.165, 1.54) is 19.2 Å². The van der Waals surface area contributed by atoms with Gasteiger partial charge >= 0.3 is 0 Å². The molecule has 7 nitrogen and oxygen atoms in total. The van der Waals surface area contributed by atoms with Crippen molar-refractivity contribution in [2.75, 3.05) is 25.0 Å². The monoisotopic (exact) mass is 390 g/mol. The van der Waals surface area contributed by atoms with E-state index in [0.29, 0.717) is 24.6 Å². The van der Waals surface area contributed by atoms with Crippen LogP contribution in [0.5, 0.6) is 5.75 Å². The number of carbonyl (C=O) groups is 1. The van der Waals surface area contributed by atoms with Crippen LogP contribution in [0.4, 0.5) is 5.69 Å². The second kappa shape index (κ2) is 8.41. The summed E-state index contributed by atoms with van der Waals surface area (Å²) in [4.78, 5) is 12.3. The van der Waals surface area contributed by atoms with Gasteiger partial charge in [0.25, 0.3) is 15.9 Å². The van der Waals surface area contributed by atoms with Crippen LogP contribution in [0.15, 0.2) is 53.4 Å². The fraction of sp³-hybridized carbons (Fsp3) is 0.316. The molecule has 0 aromatic heterocycles. The highest BCUT2D eigenvalue weighted by Crippen LogP contribution is 2.21. The van der Waals surface area contributed by atoms with Gasteiger partial charge in [-0.1, -0.05) is 12.1 Å². The van der Waals surface area contributed by atoms with Crippen LogP contribution < -0.4 is 14.8 Å². The highest BCUT2D eigenvalue weighted by atomic mass is 32.2. The van der Waals surface area contributed by atoms with Crippen molar-refractivity contribution in [3.8, 4) is 5.75 Å². The first-order valence-electron chi connectivity index (χ1n) is 8.65. The van der Waals surface area contributed by atoms with Gasteiger partial charge in [-0.15, -0.1) is 0 Å². The SMILES string of the molecule is COc1cccc(NS(=O)(=O)c2cccc(C(=O)NCC3CCCO3)c2)c1. The normalized spacial score (nSPS) is 16.7. The number of methoxy groups -OCH3 is 1. The van der Waals surface area contributed by atoms with Gasteiger partial charge in [-0.3, -0.25) is 9.52 Å². The Morgan fingerprint density at radius 1 is 1.22 bits per heavy atom. The van der Waals surface area contributed by atoms with Crippen LogP contribution >= 0.6 is 0 Å². The maximum Gasteiger partial charge on any atom is 0.261 e. The molecule has 0 bridgehead atoms. The van der Waals surface area contributed by atoms with Crippen molar-refractivity contribution in [1.29, 1.82) is 0 Å². The van der Waals surface area contributed by atoms with Gasteiger partial charge in [0.05, 0.1) is 23.8 Å². The molecule has 0 aliphatic carbocycles. The molecule has 3 rings (SSSR count). The van der Waals surface area contributed by atoms with Gasteiger partial charge in [-0.2, -0.15) is 0 Å². The Balaban J connectivity index is 1.71. The number of hydrogen-bond donors (Lipinski definition) is 2. The highest BCUT2D eigenvalue weighted by molar-refractivity contribution is 7.92. The zero-order valence-electron chi connectivity index (χ0n) is 15.0. The lowest BCUT2D eigenvalue weighted by molar-refractivity contribution is 0.0857. The van der Waals surface area contributed by atoms with Gasteiger partial charge in [0.1, 0.15) is 5.75 Å². The maximum absolute atomic E-state index is 12.6. The van der Waals surface area contributed by atoms with Crippen LogP contribution in [0.2, 0.25) is 0 Å². The van der Waals surface area contributed by atoms with E-state index in [1.54, 1.807) is 36.4 Å². The van der Waals surface area contributed by atoms with Gasteiger partial charge < -0.3 is 14.8 Å². The molecule has 0 saturated carbocycles. The third kappa shape index (κ3) is 4.99. The number of hydrogen-bond acceptors (Lipinski definition) is 5. The number of sulfonamides is 1. The topological polar surface area (TPSA) is 93.7 Å². The van der Waals surface area contributed by atoms with Crippen LogP contribution in [0.3, 0.4) is 0 Å². The molecule has 0 spiro atoms. The lowest BCUT2D eigenvalue weighted by Crippen LogP contribution is -2.31. The van der Waals surface area contributed by atoms with Crippen molar-refractivity contribution < 1.29 is 22.7 Å². The molecule has 1 aliphatic rings. The van der Waals surface area contributed by atoms with E-state index in [-0.39, 0.29) is 22.5 Å². The molecule has 1 unspecified atom stereocenters. The van der Waals surface area contributed by atoms with Crippen molar-refractivity contribution in [2.24, 2.45) is 0 Å². The minimum Gasteiger partial charge on any atom is -0.497 e. The third-order valence-electron chi connectivity index (χ3n) is 4.24. The smallest absolute Gasteiger partial charge is 0.261 e. The number of benzene rings is 2. The van der Waals surface area contributed by atoms with E-state index in [4.69, 9.17) is 9.47 Å². The summed E-state index contributed by atoms with van der Waals surface area (Å²) >= 11 is 0. The van der Waals surface area contributed by atoms with E-state index in [1.807, 2.05) is 0 Å². The third-order valence-corrected chi connectivity index (χ3v) is 5.62. The Bertz CT molecular complexity index is 908. The maximum atomic E-state index is 12.6. The van der Waals surface area contributed by atoms with Crippen molar-refractivity contribution >= 4 is 21.6 Å². The number of carbonyl (C=O) groups excluding carboxylic acids is 1. The van der Waals surface area contributed by atoms with Gasteiger partial charge in [0.2, 0.25) is 0 Å². The zero-order chi connectivity index (χ0) is 19.3. The Kier molecular flexibility index (Phi) is 5.98. The molecular weight excluding hydrogens is 368 g/mol. The van der Waals surface area contributed by atoms with E-state index in [0.717, 1.165) is 12.8 Å². The summed E-state index contributed by atoms with van der Waals surface area (Å²) in [6.07, 6.45) is 1.93. The lowest BCUT2D eigenvalue weighted by Gasteiger charge is -2.12. The van der Waals surface area contributed by atoms with Crippen molar-refractivity contribution in [1.82, 2.24) is 5.32 Å². The molecule has 1 fully saturated rings.